The Labute approximate surface area is 148 Å². The van der Waals surface area contributed by atoms with Gasteiger partial charge in [0.2, 0.25) is 0 Å². The van der Waals surface area contributed by atoms with Crippen molar-refractivity contribution in [3.05, 3.63) is 56.4 Å². The van der Waals surface area contributed by atoms with E-state index in [1.54, 1.807) is 7.05 Å². The number of piperidine rings is 1. The van der Waals surface area contributed by atoms with Gasteiger partial charge in [0.15, 0.2) is 0 Å². The van der Waals surface area contributed by atoms with Crippen LogP contribution in [0.3, 0.4) is 0 Å². The third-order valence-electron chi connectivity index (χ3n) is 5.58. The van der Waals surface area contributed by atoms with Crippen LogP contribution in [0.15, 0.2) is 33.9 Å². The largest absolute Gasteiger partial charge is 0.330 e. The van der Waals surface area contributed by atoms with Gasteiger partial charge in [0.25, 0.3) is 5.56 Å². The standard InChI is InChI=1S/C20H27N3O2/c1-14(23-12-6-5-7-13-23)16-8-10-17(11-9-16)18-15(2)21(3)20(25)22(4)19(18)24/h8-11,14H,5-7,12-13H2,1-4H3. The molecule has 2 heterocycles. The normalized spacial score (nSPS) is 16.8. The van der Waals surface area contributed by atoms with Gasteiger partial charge in [-0.15, -0.1) is 0 Å². The van der Waals surface area contributed by atoms with Gasteiger partial charge in [-0.05, 0) is 50.9 Å². The van der Waals surface area contributed by atoms with Crippen molar-refractivity contribution in [3.63, 3.8) is 0 Å². The lowest BCUT2D eigenvalue weighted by atomic mass is 9.99. The molecule has 1 aliphatic rings. The summed E-state index contributed by atoms with van der Waals surface area (Å²) in [6, 6.07) is 8.61. The fourth-order valence-electron chi connectivity index (χ4n) is 3.72. The molecule has 134 valence electrons. The summed E-state index contributed by atoms with van der Waals surface area (Å²) in [6.07, 6.45) is 3.88. The molecule has 25 heavy (non-hydrogen) atoms. The molecular formula is C20H27N3O2. The second-order valence-corrected chi connectivity index (χ2v) is 7.06. The monoisotopic (exact) mass is 341 g/mol. The molecule has 0 bridgehead atoms. The third kappa shape index (κ3) is 3.21. The molecule has 0 saturated carbocycles. The zero-order valence-corrected chi connectivity index (χ0v) is 15.6. The average molecular weight is 341 g/mol. The van der Waals surface area contributed by atoms with Crippen molar-refractivity contribution < 1.29 is 0 Å². The average Bonchev–Trinajstić information content (AvgIpc) is 2.65. The first-order valence-electron chi connectivity index (χ1n) is 9.03. The van der Waals surface area contributed by atoms with Crippen molar-refractivity contribution in [3.8, 4) is 11.1 Å². The van der Waals surface area contributed by atoms with Crippen LogP contribution in [-0.4, -0.2) is 27.1 Å². The molecule has 1 fully saturated rings. The number of hydrogen-bond donors (Lipinski definition) is 0. The first-order valence-corrected chi connectivity index (χ1v) is 9.03. The Bertz CT molecular complexity index is 872. The second-order valence-electron chi connectivity index (χ2n) is 7.06. The highest BCUT2D eigenvalue weighted by Gasteiger charge is 2.19. The maximum Gasteiger partial charge on any atom is 0.330 e. The second kappa shape index (κ2) is 7.00. The molecule has 0 radical (unpaired) electrons. The molecule has 3 rings (SSSR count). The summed E-state index contributed by atoms with van der Waals surface area (Å²) in [6.45, 7) is 6.38. The van der Waals surface area contributed by atoms with Gasteiger partial charge in [-0.3, -0.25) is 14.3 Å². The Balaban J connectivity index is 1.96. The van der Waals surface area contributed by atoms with E-state index in [0.29, 0.717) is 17.3 Å². The minimum absolute atomic E-state index is 0.238. The van der Waals surface area contributed by atoms with Crippen molar-refractivity contribution in [2.24, 2.45) is 14.1 Å². The summed E-state index contributed by atoms with van der Waals surface area (Å²) in [5.74, 6) is 0. The number of likely N-dealkylation sites (tertiary alicyclic amines) is 1. The maximum atomic E-state index is 12.6. The van der Waals surface area contributed by atoms with E-state index >= 15 is 0 Å². The van der Waals surface area contributed by atoms with Crippen molar-refractivity contribution >= 4 is 0 Å². The van der Waals surface area contributed by atoms with Crippen molar-refractivity contribution in [2.45, 2.75) is 39.2 Å². The third-order valence-corrected chi connectivity index (χ3v) is 5.58. The van der Waals surface area contributed by atoms with Crippen LogP contribution < -0.4 is 11.2 Å². The van der Waals surface area contributed by atoms with Gasteiger partial charge >= 0.3 is 5.69 Å². The minimum Gasteiger partial charge on any atom is -0.300 e. The van der Waals surface area contributed by atoms with Crippen LogP contribution in [-0.2, 0) is 14.1 Å². The number of rotatable bonds is 3. The molecule has 1 unspecified atom stereocenters. The highest BCUT2D eigenvalue weighted by molar-refractivity contribution is 5.65. The summed E-state index contributed by atoms with van der Waals surface area (Å²) >= 11 is 0. The lowest BCUT2D eigenvalue weighted by molar-refractivity contribution is 0.175. The van der Waals surface area contributed by atoms with Crippen molar-refractivity contribution in [2.75, 3.05) is 13.1 Å². The molecule has 0 amide bonds. The Morgan fingerprint density at radius 2 is 1.52 bits per heavy atom. The molecule has 0 N–H and O–H groups in total. The summed E-state index contributed by atoms with van der Waals surface area (Å²) in [5, 5.41) is 0. The molecule has 2 aromatic rings. The van der Waals surface area contributed by atoms with Crippen molar-refractivity contribution in [1.82, 2.24) is 14.0 Å². The fraction of sp³-hybridized carbons (Fsp3) is 0.500. The maximum absolute atomic E-state index is 12.6. The van der Waals surface area contributed by atoms with Crippen LogP contribution in [0.4, 0.5) is 0 Å². The van der Waals surface area contributed by atoms with E-state index in [4.69, 9.17) is 0 Å². The zero-order valence-electron chi connectivity index (χ0n) is 15.6. The van der Waals surface area contributed by atoms with Crippen LogP contribution in [0.1, 0.15) is 43.5 Å². The van der Waals surface area contributed by atoms with Crippen LogP contribution in [0, 0.1) is 6.92 Å². The molecule has 1 aliphatic heterocycles. The Morgan fingerprint density at radius 1 is 0.920 bits per heavy atom. The summed E-state index contributed by atoms with van der Waals surface area (Å²) in [7, 11) is 3.23. The molecule has 0 aliphatic carbocycles. The first kappa shape index (κ1) is 17.7. The van der Waals surface area contributed by atoms with Gasteiger partial charge in [-0.1, -0.05) is 30.7 Å². The van der Waals surface area contributed by atoms with Gasteiger partial charge in [-0.25, -0.2) is 4.79 Å². The quantitative estimate of drug-likeness (QED) is 0.862. The molecule has 1 atom stereocenters. The van der Waals surface area contributed by atoms with Crippen LogP contribution in [0.5, 0.6) is 0 Å². The molecular weight excluding hydrogens is 314 g/mol. The molecule has 1 saturated heterocycles. The molecule has 0 spiro atoms. The van der Waals surface area contributed by atoms with E-state index in [1.807, 2.05) is 19.1 Å². The molecule has 1 aromatic heterocycles. The number of nitrogens with zero attached hydrogens (tertiary/aromatic N) is 3. The summed E-state index contributed by atoms with van der Waals surface area (Å²) in [5.41, 5.74) is 2.90. The zero-order chi connectivity index (χ0) is 18.1. The number of hydrogen-bond acceptors (Lipinski definition) is 3. The number of aromatic nitrogens is 2. The molecule has 5 heteroatoms. The molecule has 1 aromatic carbocycles. The van der Waals surface area contributed by atoms with E-state index in [0.717, 1.165) is 18.7 Å². The predicted octanol–water partition coefficient (Wildman–Crippen LogP) is 2.61. The topological polar surface area (TPSA) is 47.2 Å². The Kier molecular flexibility index (Phi) is 4.95. The van der Waals surface area contributed by atoms with Crippen molar-refractivity contribution in [1.29, 1.82) is 0 Å². The fourth-order valence-corrected chi connectivity index (χ4v) is 3.72. The van der Waals surface area contributed by atoms with E-state index in [2.05, 4.69) is 24.0 Å². The lowest BCUT2D eigenvalue weighted by Gasteiger charge is -2.32. The minimum atomic E-state index is -0.290. The van der Waals surface area contributed by atoms with Crippen LogP contribution in [0.25, 0.3) is 11.1 Å². The van der Waals surface area contributed by atoms with Gasteiger partial charge in [0.05, 0.1) is 5.56 Å². The van der Waals surface area contributed by atoms with Gasteiger partial charge in [0, 0.05) is 25.8 Å². The van der Waals surface area contributed by atoms with E-state index in [9.17, 15) is 9.59 Å². The van der Waals surface area contributed by atoms with Gasteiger partial charge in [0.1, 0.15) is 0 Å². The van der Waals surface area contributed by atoms with Gasteiger partial charge < -0.3 is 4.57 Å². The van der Waals surface area contributed by atoms with Gasteiger partial charge in [-0.2, -0.15) is 0 Å². The number of benzene rings is 1. The van der Waals surface area contributed by atoms with Crippen LogP contribution in [0.2, 0.25) is 0 Å². The highest BCUT2D eigenvalue weighted by atomic mass is 16.2. The van der Waals surface area contributed by atoms with E-state index < -0.39 is 0 Å². The van der Waals surface area contributed by atoms with Crippen LogP contribution >= 0.6 is 0 Å². The smallest absolute Gasteiger partial charge is 0.300 e. The Morgan fingerprint density at radius 3 is 2.12 bits per heavy atom. The SMILES string of the molecule is Cc1c(-c2ccc(C(C)N3CCCCC3)cc2)c(=O)n(C)c(=O)n1C. The molecule has 5 nitrogen and oxygen atoms in total. The lowest BCUT2D eigenvalue weighted by Crippen LogP contribution is -2.39. The summed E-state index contributed by atoms with van der Waals surface area (Å²) in [4.78, 5) is 27.1. The summed E-state index contributed by atoms with van der Waals surface area (Å²) < 4.78 is 2.70. The van der Waals surface area contributed by atoms with E-state index in [-0.39, 0.29) is 11.2 Å². The highest BCUT2D eigenvalue weighted by Crippen LogP contribution is 2.26. The van der Waals surface area contributed by atoms with E-state index in [1.165, 1.54) is 41.0 Å². The first-order chi connectivity index (χ1) is 11.9. The predicted molar refractivity (Wildman–Crippen MR) is 101 cm³/mol. The Hall–Kier alpha value is -2.14.